The molecule has 0 bridgehead atoms. The van der Waals surface area contributed by atoms with Crippen LogP contribution in [-0.4, -0.2) is 19.7 Å². The van der Waals surface area contributed by atoms with Gasteiger partial charge < -0.3 is 0 Å². The topological polar surface area (TPSA) is 59.1 Å². The molecule has 0 fully saturated rings. The summed E-state index contributed by atoms with van der Waals surface area (Å²) in [5.74, 6) is 0. The minimum Gasteiger partial charge on any atom is -0.253 e. The van der Waals surface area contributed by atoms with Gasteiger partial charge in [-0.2, -0.15) is 0 Å². The van der Waals surface area contributed by atoms with Gasteiger partial charge in [0.1, 0.15) is 0 Å². The van der Waals surface area contributed by atoms with Gasteiger partial charge in [0.15, 0.2) is 0 Å². The Morgan fingerprint density at radius 3 is 2.91 bits per heavy atom. The first-order chi connectivity index (χ1) is 5.08. The maximum absolute atomic E-state index is 10.6. The monoisotopic (exact) mass is 192 g/mol. The van der Waals surface area contributed by atoms with Gasteiger partial charge in [-0.15, -0.1) is 11.3 Å². The first-order valence-electron chi connectivity index (χ1n) is 2.90. The summed E-state index contributed by atoms with van der Waals surface area (Å²) in [5.41, 5.74) is 1.67. The number of thiazole rings is 1. The lowest BCUT2D eigenvalue weighted by atomic mass is 10.6. The fraction of sp³-hybridized carbons (Fsp3) is 0.400. The predicted molar refractivity (Wildman–Crippen MR) is 43.8 cm³/mol. The number of hydrogen-bond acceptors (Lipinski definition) is 4. The van der Waals surface area contributed by atoms with Crippen LogP contribution in [0.25, 0.3) is 0 Å². The summed E-state index contributed by atoms with van der Waals surface area (Å²) in [5, 5.41) is 0. The maximum atomic E-state index is 10.6. The standard InChI is InChI=1S/C5H8N2O2S2/c1-11(8,9)7-3-5-2-6-4-10-5/h2,4,7H,3H2,1H3. The highest BCUT2D eigenvalue weighted by Gasteiger charge is 2.00. The largest absolute Gasteiger partial charge is 0.253 e. The van der Waals surface area contributed by atoms with Crippen LogP contribution in [0.2, 0.25) is 0 Å². The molecule has 0 unspecified atom stereocenters. The minimum atomic E-state index is -3.07. The van der Waals surface area contributed by atoms with E-state index in [1.807, 2.05) is 0 Å². The van der Waals surface area contributed by atoms with Gasteiger partial charge in [-0.05, 0) is 0 Å². The lowest BCUT2D eigenvalue weighted by Crippen LogP contribution is -2.20. The molecule has 0 radical (unpaired) electrons. The molecular weight excluding hydrogens is 184 g/mol. The van der Waals surface area contributed by atoms with Gasteiger partial charge in [-0.3, -0.25) is 4.98 Å². The molecule has 0 aliphatic carbocycles. The highest BCUT2D eigenvalue weighted by atomic mass is 32.2. The van der Waals surface area contributed by atoms with Crippen LogP contribution in [-0.2, 0) is 16.6 Å². The van der Waals surface area contributed by atoms with Gasteiger partial charge >= 0.3 is 0 Å². The quantitative estimate of drug-likeness (QED) is 0.744. The Hall–Kier alpha value is -0.460. The molecule has 0 amide bonds. The second kappa shape index (κ2) is 3.29. The molecule has 1 aromatic heterocycles. The van der Waals surface area contributed by atoms with E-state index in [4.69, 9.17) is 0 Å². The van der Waals surface area contributed by atoms with Crippen molar-refractivity contribution in [1.29, 1.82) is 0 Å². The molecule has 1 rings (SSSR count). The van der Waals surface area contributed by atoms with Crippen molar-refractivity contribution in [3.05, 3.63) is 16.6 Å². The second-order valence-electron chi connectivity index (χ2n) is 2.06. The van der Waals surface area contributed by atoms with Crippen molar-refractivity contribution in [2.24, 2.45) is 0 Å². The van der Waals surface area contributed by atoms with E-state index in [0.29, 0.717) is 6.54 Å². The molecule has 0 aromatic carbocycles. The van der Waals surface area contributed by atoms with Crippen molar-refractivity contribution in [3.8, 4) is 0 Å². The number of sulfonamides is 1. The Bertz CT molecular complexity index is 303. The van der Waals surface area contributed by atoms with Gasteiger partial charge in [0.2, 0.25) is 10.0 Å². The van der Waals surface area contributed by atoms with Crippen molar-refractivity contribution in [2.75, 3.05) is 6.26 Å². The third-order valence-corrected chi connectivity index (χ3v) is 2.44. The molecule has 0 spiro atoms. The molecule has 1 aromatic rings. The van der Waals surface area contributed by atoms with Crippen LogP contribution in [0.4, 0.5) is 0 Å². The van der Waals surface area contributed by atoms with E-state index in [9.17, 15) is 8.42 Å². The lowest BCUT2D eigenvalue weighted by Gasteiger charge is -1.96. The highest BCUT2D eigenvalue weighted by molar-refractivity contribution is 7.88. The fourth-order valence-corrected chi connectivity index (χ4v) is 1.58. The van der Waals surface area contributed by atoms with E-state index in [2.05, 4.69) is 9.71 Å². The Morgan fingerprint density at radius 1 is 1.73 bits per heavy atom. The molecule has 6 heteroatoms. The first kappa shape index (κ1) is 8.63. The minimum absolute atomic E-state index is 0.337. The normalized spacial score (nSPS) is 11.7. The van der Waals surface area contributed by atoms with Crippen LogP contribution in [0.3, 0.4) is 0 Å². The Morgan fingerprint density at radius 2 is 2.45 bits per heavy atom. The van der Waals surface area contributed by atoms with Crippen LogP contribution in [0.1, 0.15) is 4.88 Å². The third-order valence-electron chi connectivity index (χ3n) is 0.992. The summed E-state index contributed by atoms with van der Waals surface area (Å²) < 4.78 is 23.6. The van der Waals surface area contributed by atoms with Crippen LogP contribution in [0.15, 0.2) is 11.7 Å². The average Bonchev–Trinajstić information content (AvgIpc) is 2.32. The molecule has 1 N–H and O–H groups in total. The molecule has 0 atom stereocenters. The predicted octanol–water partition coefficient (Wildman–Crippen LogP) is 0.192. The number of aromatic nitrogens is 1. The first-order valence-corrected chi connectivity index (χ1v) is 5.67. The van der Waals surface area contributed by atoms with Crippen molar-refractivity contribution >= 4 is 21.4 Å². The number of rotatable bonds is 3. The van der Waals surface area contributed by atoms with Crippen LogP contribution >= 0.6 is 11.3 Å². The summed E-state index contributed by atoms with van der Waals surface area (Å²) >= 11 is 1.43. The van der Waals surface area contributed by atoms with Gasteiger partial charge in [-0.1, -0.05) is 0 Å². The summed E-state index contributed by atoms with van der Waals surface area (Å²) in [4.78, 5) is 4.72. The van der Waals surface area contributed by atoms with E-state index in [1.165, 1.54) is 11.3 Å². The molecule has 11 heavy (non-hydrogen) atoms. The number of nitrogens with zero attached hydrogens (tertiary/aromatic N) is 1. The smallest absolute Gasteiger partial charge is 0.209 e. The van der Waals surface area contributed by atoms with E-state index >= 15 is 0 Å². The summed E-state index contributed by atoms with van der Waals surface area (Å²) in [6.07, 6.45) is 2.77. The van der Waals surface area contributed by atoms with E-state index in [-0.39, 0.29) is 0 Å². The zero-order chi connectivity index (χ0) is 8.32. The molecule has 0 aliphatic heterocycles. The summed E-state index contributed by atoms with van der Waals surface area (Å²) in [6.45, 7) is 0.337. The molecule has 0 saturated carbocycles. The second-order valence-corrected chi connectivity index (χ2v) is 4.86. The lowest BCUT2D eigenvalue weighted by molar-refractivity contribution is 0.588. The Labute approximate surface area is 69.3 Å². The Balaban J connectivity index is 2.48. The van der Waals surface area contributed by atoms with Gasteiger partial charge in [0.05, 0.1) is 11.8 Å². The SMILES string of the molecule is CS(=O)(=O)NCc1cncs1. The van der Waals surface area contributed by atoms with Crippen molar-refractivity contribution < 1.29 is 8.42 Å². The molecule has 4 nitrogen and oxygen atoms in total. The number of hydrogen-bond donors (Lipinski definition) is 1. The van der Waals surface area contributed by atoms with Crippen LogP contribution < -0.4 is 4.72 Å². The van der Waals surface area contributed by atoms with Crippen molar-refractivity contribution in [3.63, 3.8) is 0 Å². The van der Waals surface area contributed by atoms with E-state index < -0.39 is 10.0 Å². The zero-order valence-electron chi connectivity index (χ0n) is 5.94. The molecule has 1 heterocycles. The molecule has 0 saturated heterocycles. The van der Waals surface area contributed by atoms with E-state index in [1.54, 1.807) is 11.7 Å². The van der Waals surface area contributed by atoms with Crippen LogP contribution in [0, 0.1) is 0 Å². The Kier molecular flexibility index (Phi) is 2.58. The zero-order valence-corrected chi connectivity index (χ0v) is 7.58. The van der Waals surface area contributed by atoms with Gasteiger partial charge in [0, 0.05) is 17.6 Å². The highest BCUT2D eigenvalue weighted by Crippen LogP contribution is 2.04. The van der Waals surface area contributed by atoms with Crippen molar-refractivity contribution in [1.82, 2.24) is 9.71 Å². The van der Waals surface area contributed by atoms with E-state index in [0.717, 1.165) is 11.1 Å². The fourth-order valence-electron chi connectivity index (χ4n) is 0.532. The molecule has 0 aliphatic rings. The van der Waals surface area contributed by atoms with Crippen molar-refractivity contribution in [2.45, 2.75) is 6.54 Å². The van der Waals surface area contributed by atoms with Gasteiger partial charge in [-0.25, -0.2) is 13.1 Å². The maximum Gasteiger partial charge on any atom is 0.209 e. The average molecular weight is 192 g/mol. The third kappa shape index (κ3) is 3.45. The molecule has 62 valence electrons. The number of nitrogens with one attached hydrogen (secondary N) is 1. The van der Waals surface area contributed by atoms with Crippen LogP contribution in [0.5, 0.6) is 0 Å². The molecular formula is C5H8N2O2S2. The van der Waals surface area contributed by atoms with Gasteiger partial charge in [0.25, 0.3) is 0 Å². The summed E-state index contributed by atoms with van der Waals surface area (Å²) in [6, 6.07) is 0. The summed E-state index contributed by atoms with van der Waals surface area (Å²) in [7, 11) is -3.07.